The Balaban J connectivity index is 1.89. The number of hydrogen-bond donors (Lipinski definition) is 1. The second-order valence-corrected chi connectivity index (χ2v) is 8.15. The van der Waals surface area contributed by atoms with Crippen LogP contribution in [0.25, 0.3) is 0 Å². The first-order chi connectivity index (χ1) is 16.6. The quantitative estimate of drug-likeness (QED) is 0.411. The Kier molecular flexibility index (Phi) is 9.80. The van der Waals surface area contributed by atoms with Crippen LogP contribution in [0.3, 0.4) is 0 Å². The number of methoxy groups -OCH3 is 1. The van der Waals surface area contributed by atoms with E-state index in [2.05, 4.69) is 5.32 Å². The normalized spacial score (nSPS) is 11.6. The van der Waals surface area contributed by atoms with Crippen molar-refractivity contribution in [2.45, 2.75) is 31.8 Å². The first-order valence-electron chi connectivity index (χ1n) is 11.4. The largest absolute Gasteiger partial charge is 0.385 e. The lowest BCUT2D eigenvalue weighted by Crippen LogP contribution is -2.51. The third kappa shape index (κ3) is 7.81. The zero-order chi connectivity index (χ0) is 24.2. The number of benzene rings is 3. The average Bonchev–Trinajstić information content (AvgIpc) is 2.86. The van der Waals surface area contributed by atoms with Crippen LogP contribution >= 0.6 is 0 Å². The molecule has 0 aliphatic rings. The summed E-state index contributed by atoms with van der Waals surface area (Å²) < 4.78 is 18.6. The van der Waals surface area contributed by atoms with Gasteiger partial charge in [-0.3, -0.25) is 9.59 Å². The van der Waals surface area contributed by atoms with E-state index in [1.165, 1.54) is 12.1 Å². The van der Waals surface area contributed by atoms with Crippen LogP contribution in [-0.2, 0) is 33.7 Å². The van der Waals surface area contributed by atoms with Crippen molar-refractivity contribution in [3.8, 4) is 0 Å². The van der Waals surface area contributed by atoms with E-state index in [0.717, 1.165) is 16.7 Å². The second-order valence-electron chi connectivity index (χ2n) is 8.15. The van der Waals surface area contributed by atoms with E-state index in [9.17, 15) is 14.0 Å². The van der Waals surface area contributed by atoms with Crippen LogP contribution in [-0.4, -0.2) is 43.0 Å². The number of carbonyl (C=O) groups excluding carboxylic acids is 2. The SMILES string of the molecule is COCCCNC(=O)C(Cc1ccccc1)N(Cc1ccc(F)cc1)C(=O)Cc1ccccc1. The van der Waals surface area contributed by atoms with Crippen LogP contribution in [0.15, 0.2) is 84.9 Å². The summed E-state index contributed by atoms with van der Waals surface area (Å²) in [5, 5.41) is 2.96. The number of nitrogens with one attached hydrogen (secondary N) is 1. The molecule has 6 heteroatoms. The van der Waals surface area contributed by atoms with E-state index in [0.29, 0.717) is 26.0 Å². The number of ether oxygens (including phenoxy) is 1. The predicted molar refractivity (Wildman–Crippen MR) is 131 cm³/mol. The van der Waals surface area contributed by atoms with Crippen LogP contribution in [0, 0.1) is 5.82 Å². The van der Waals surface area contributed by atoms with E-state index in [1.54, 1.807) is 24.1 Å². The van der Waals surface area contributed by atoms with Crippen molar-refractivity contribution in [2.24, 2.45) is 0 Å². The van der Waals surface area contributed by atoms with Crippen molar-refractivity contribution in [1.29, 1.82) is 0 Å². The maximum Gasteiger partial charge on any atom is 0.243 e. The highest BCUT2D eigenvalue weighted by Gasteiger charge is 2.30. The number of halogens is 1. The van der Waals surface area contributed by atoms with E-state index in [1.807, 2.05) is 60.7 Å². The molecular weight excluding hydrogens is 431 g/mol. The molecule has 34 heavy (non-hydrogen) atoms. The lowest BCUT2D eigenvalue weighted by Gasteiger charge is -2.31. The molecule has 0 fully saturated rings. The Hall–Kier alpha value is -3.51. The van der Waals surface area contributed by atoms with Gasteiger partial charge >= 0.3 is 0 Å². The van der Waals surface area contributed by atoms with Gasteiger partial charge in [0.2, 0.25) is 11.8 Å². The van der Waals surface area contributed by atoms with Crippen molar-refractivity contribution in [3.05, 3.63) is 107 Å². The third-order valence-corrected chi connectivity index (χ3v) is 5.56. The molecule has 0 saturated carbocycles. The lowest BCUT2D eigenvalue weighted by atomic mass is 10.0. The van der Waals surface area contributed by atoms with Gasteiger partial charge in [-0.25, -0.2) is 4.39 Å². The zero-order valence-corrected chi connectivity index (χ0v) is 19.5. The molecule has 0 aliphatic carbocycles. The smallest absolute Gasteiger partial charge is 0.243 e. The maximum absolute atomic E-state index is 13.5. The Morgan fingerprint density at radius 1 is 0.882 bits per heavy atom. The van der Waals surface area contributed by atoms with E-state index < -0.39 is 6.04 Å². The van der Waals surface area contributed by atoms with E-state index in [4.69, 9.17) is 4.74 Å². The van der Waals surface area contributed by atoms with Crippen LogP contribution in [0.5, 0.6) is 0 Å². The molecule has 0 radical (unpaired) electrons. The number of hydrogen-bond acceptors (Lipinski definition) is 3. The summed E-state index contributed by atoms with van der Waals surface area (Å²) in [5.41, 5.74) is 2.58. The van der Waals surface area contributed by atoms with Crippen LogP contribution in [0.2, 0.25) is 0 Å². The molecule has 1 unspecified atom stereocenters. The van der Waals surface area contributed by atoms with Gasteiger partial charge in [-0.2, -0.15) is 0 Å². The molecule has 0 spiro atoms. The third-order valence-electron chi connectivity index (χ3n) is 5.56. The number of nitrogens with zero attached hydrogens (tertiary/aromatic N) is 1. The highest BCUT2D eigenvalue weighted by molar-refractivity contribution is 5.88. The minimum absolute atomic E-state index is 0.163. The summed E-state index contributed by atoms with van der Waals surface area (Å²) >= 11 is 0. The van der Waals surface area contributed by atoms with E-state index >= 15 is 0 Å². The summed E-state index contributed by atoms with van der Waals surface area (Å²) in [6, 6.07) is 24.4. The summed E-state index contributed by atoms with van der Waals surface area (Å²) in [7, 11) is 1.62. The Morgan fingerprint density at radius 3 is 2.12 bits per heavy atom. The molecule has 178 valence electrons. The molecule has 2 amide bonds. The van der Waals surface area contributed by atoms with Gasteiger partial charge in [0.25, 0.3) is 0 Å². The Bertz CT molecular complexity index is 1030. The molecule has 0 aromatic heterocycles. The maximum atomic E-state index is 13.5. The molecule has 0 aliphatic heterocycles. The highest BCUT2D eigenvalue weighted by atomic mass is 19.1. The number of carbonyl (C=O) groups is 2. The van der Waals surface area contributed by atoms with Crippen molar-refractivity contribution in [3.63, 3.8) is 0 Å². The fraction of sp³-hybridized carbons (Fsp3) is 0.286. The molecular formula is C28H31FN2O3. The van der Waals surface area contributed by atoms with Gasteiger partial charge in [0.15, 0.2) is 0 Å². The van der Waals surface area contributed by atoms with Gasteiger partial charge in [0, 0.05) is 33.2 Å². The van der Waals surface area contributed by atoms with Crippen molar-refractivity contribution in [1.82, 2.24) is 10.2 Å². The molecule has 3 aromatic rings. The monoisotopic (exact) mass is 462 g/mol. The van der Waals surface area contributed by atoms with Crippen molar-refractivity contribution < 1.29 is 18.7 Å². The fourth-order valence-electron chi connectivity index (χ4n) is 3.76. The molecule has 0 heterocycles. The highest BCUT2D eigenvalue weighted by Crippen LogP contribution is 2.17. The first kappa shape index (κ1) is 25.1. The van der Waals surface area contributed by atoms with Gasteiger partial charge < -0.3 is 15.0 Å². The fourth-order valence-corrected chi connectivity index (χ4v) is 3.76. The molecule has 0 bridgehead atoms. The van der Waals surface area contributed by atoms with Gasteiger partial charge in [-0.1, -0.05) is 72.8 Å². The van der Waals surface area contributed by atoms with Gasteiger partial charge in [-0.05, 0) is 35.2 Å². The summed E-state index contributed by atoms with van der Waals surface area (Å²) in [6.07, 6.45) is 1.22. The minimum Gasteiger partial charge on any atom is -0.385 e. The zero-order valence-electron chi connectivity index (χ0n) is 19.5. The second kappa shape index (κ2) is 13.3. The van der Waals surface area contributed by atoms with Gasteiger partial charge in [0.05, 0.1) is 6.42 Å². The Morgan fingerprint density at radius 2 is 1.50 bits per heavy atom. The van der Waals surface area contributed by atoms with Gasteiger partial charge in [0.1, 0.15) is 11.9 Å². The van der Waals surface area contributed by atoms with Crippen LogP contribution in [0.4, 0.5) is 4.39 Å². The average molecular weight is 463 g/mol. The summed E-state index contributed by atoms with van der Waals surface area (Å²) in [4.78, 5) is 28.5. The first-order valence-corrected chi connectivity index (χ1v) is 11.4. The van der Waals surface area contributed by atoms with Crippen molar-refractivity contribution >= 4 is 11.8 Å². The summed E-state index contributed by atoms with van der Waals surface area (Å²) in [5.74, 6) is -0.727. The number of rotatable bonds is 12. The minimum atomic E-state index is -0.716. The Labute approximate surface area is 200 Å². The lowest BCUT2D eigenvalue weighted by molar-refractivity contribution is -0.140. The van der Waals surface area contributed by atoms with Crippen molar-refractivity contribution in [2.75, 3.05) is 20.3 Å². The molecule has 3 rings (SSSR count). The number of amides is 2. The van der Waals surface area contributed by atoms with Gasteiger partial charge in [-0.15, -0.1) is 0 Å². The molecule has 1 N–H and O–H groups in total. The molecule has 3 aromatic carbocycles. The summed E-state index contributed by atoms with van der Waals surface area (Å²) in [6.45, 7) is 1.19. The molecule has 5 nitrogen and oxygen atoms in total. The standard InChI is InChI=1S/C28H31FN2O3/c1-34-18-8-17-30-28(33)26(19-22-9-4-2-5-10-22)31(21-24-13-15-25(29)16-14-24)27(32)20-23-11-6-3-7-12-23/h2-7,9-16,26H,8,17-21H2,1H3,(H,30,33). The topological polar surface area (TPSA) is 58.6 Å². The van der Waals surface area contributed by atoms with E-state index in [-0.39, 0.29) is 30.6 Å². The van der Waals surface area contributed by atoms with Crippen LogP contribution < -0.4 is 5.32 Å². The molecule has 0 saturated heterocycles. The van der Waals surface area contributed by atoms with Crippen LogP contribution in [0.1, 0.15) is 23.1 Å². The predicted octanol–water partition coefficient (Wildman–Crippen LogP) is 4.16. The molecule has 1 atom stereocenters.